The van der Waals surface area contributed by atoms with Crippen molar-refractivity contribution in [3.8, 4) is 0 Å². The van der Waals surface area contributed by atoms with Gasteiger partial charge in [-0.2, -0.15) is 0 Å². The summed E-state index contributed by atoms with van der Waals surface area (Å²) in [5, 5.41) is 3.28. The van der Waals surface area contributed by atoms with E-state index >= 15 is 4.39 Å². The number of carbonyl (C=O) groups is 1. The highest BCUT2D eigenvalue weighted by Gasteiger charge is 2.41. The van der Waals surface area contributed by atoms with Crippen molar-refractivity contribution in [3.05, 3.63) is 66.2 Å². The number of alkyl halides is 1. The monoisotopic (exact) mass is 452 g/mol. The first-order valence-electron chi connectivity index (χ1n) is 12.4. The van der Waals surface area contributed by atoms with Gasteiger partial charge in [0.15, 0.2) is 12.1 Å². The van der Waals surface area contributed by atoms with E-state index in [1.807, 2.05) is 53.4 Å². The Balaban J connectivity index is 1.42. The van der Waals surface area contributed by atoms with E-state index in [-0.39, 0.29) is 17.7 Å². The van der Waals surface area contributed by atoms with Crippen LogP contribution in [0.15, 0.2) is 60.7 Å². The van der Waals surface area contributed by atoms with Crippen LogP contribution in [0, 0.1) is 0 Å². The zero-order valence-electron chi connectivity index (χ0n) is 19.5. The highest BCUT2D eigenvalue weighted by Crippen LogP contribution is 2.32. The second-order valence-corrected chi connectivity index (χ2v) is 9.48. The Morgan fingerprint density at radius 1 is 0.939 bits per heavy atom. The van der Waals surface area contributed by atoms with E-state index in [1.54, 1.807) is 12.1 Å². The Morgan fingerprint density at radius 2 is 1.55 bits per heavy atom. The molecule has 2 fully saturated rings. The Kier molecular flexibility index (Phi) is 8.12. The lowest BCUT2D eigenvalue weighted by Crippen LogP contribution is -2.61. The molecule has 2 aromatic rings. The van der Waals surface area contributed by atoms with E-state index < -0.39 is 12.3 Å². The number of hydrogen-bond acceptors (Lipinski definition) is 5. The molecule has 0 radical (unpaired) electrons. The van der Waals surface area contributed by atoms with Crippen LogP contribution in [0.25, 0.3) is 0 Å². The normalized spacial score (nSPS) is 21.3. The van der Waals surface area contributed by atoms with Gasteiger partial charge in [0.1, 0.15) is 0 Å². The summed E-state index contributed by atoms with van der Waals surface area (Å²) in [4.78, 5) is 17.7. The third kappa shape index (κ3) is 5.81. The van der Waals surface area contributed by atoms with Crippen LogP contribution in [0.3, 0.4) is 0 Å². The third-order valence-corrected chi connectivity index (χ3v) is 7.45. The molecular weight excluding hydrogens is 415 g/mol. The molecular formula is C27H37FN4O. The molecule has 0 amide bonds. The lowest BCUT2D eigenvalue weighted by Gasteiger charge is -2.50. The van der Waals surface area contributed by atoms with E-state index in [1.165, 1.54) is 19.3 Å². The number of hydrogen-bond donors (Lipinski definition) is 2. The van der Waals surface area contributed by atoms with Gasteiger partial charge in [-0.15, -0.1) is 0 Å². The molecule has 6 heteroatoms. The van der Waals surface area contributed by atoms with Crippen molar-refractivity contribution < 1.29 is 9.18 Å². The highest BCUT2D eigenvalue weighted by atomic mass is 19.1. The van der Waals surface area contributed by atoms with Gasteiger partial charge in [-0.25, -0.2) is 4.39 Å². The van der Waals surface area contributed by atoms with Gasteiger partial charge in [0.25, 0.3) is 0 Å². The van der Waals surface area contributed by atoms with Crippen molar-refractivity contribution in [1.29, 1.82) is 0 Å². The quantitative estimate of drug-likeness (QED) is 0.438. The lowest BCUT2D eigenvalue weighted by atomic mass is 9.84. The Morgan fingerprint density at radius 3 is 2.15 bits per heavy atom. The summed E-state index contributed by atoms with van der Waals surface area (Å²) < 4.78 is 15.6. The number of para-hydroxylation sites is 1. The second kappa shape index (κ2) is 11.2. The van der Waals surface area contributed by atoms with Crippen LogP contribution in [0.4, 0.5) is 10.1 Å². The minimum Gasteiger partial charge on any atom is -0.375 e. The maximum absolute atomic E-state index is 15.6. The number of benzene rings is 2. The average molecular weight is 453 g/mol. The van der Waals surface area contributed by atoms with Gasteiger partial charge in [-0.1, -0.05) is 55.0 Å². The number of Topliss-reactive ketones (excluding diaryl/α,β-unsaturated/α-hetero) is 1. The van der Waals surface area contributed by atoms with E-state index in [4.69, 9.17) is 5.73 Å². The molecule has 33 heavy (non-hydrogen) atoms. The molecule has 0 aromatic heterocycles. The minimum absolute atomic E-state index is 0.00180. The largest absolute Gasteiger partial charge is 0.375 e. The number of piperidine rings is 2. The topological polar surface area (TPSA) is 61.6 Å². The summed E-state index contributed by atoms with van der Waals surface area (Å²) in [5.74, 6) is -0.0799. The number of likely N-dealkylation sites (tertiary alicyclic amines) is 2. The van der Waals surface area contributed by atoms with Crippen molar-refractivity contribution >= 4 is 11.5 Å². The fourth-order valence-electron chi connectivity index (χ4n) is 5.35. The second-order valence-electron chi connectivity index (χ2n) is 9.48. The Hall–Kier alpha value is -2.28. The average Bonchev–Trinajstić information content (AvgIpc) is 2.89. The molecule has 178 valence electrons. The van der Waals surface area contributed by atoms with Crippen LogP contribution < -0.4 is 11.1 Å². The molecule has 5 nitrogen and oxygen atoms in total. The minimum atomic E-state index is -1.18. The highest BCUT2D eigenvalue weighted by molar-refractivity contribution is 6.01. The van der Waals surface area contributed by atoms with E-state index in [9.17, 15) is 4.79 Å². The first-order valence-corrected chi connectivity index (χ1v) is 12.4. The molecule has 2 unspecified atom stereocenters. The molecule has 2 saturated heterocycles. The van der Waals surface area contributed by atoms with Crippen molar-refractivity contribution in [2.75, 3.05) is 38.0 Å². The molecule has 2 heterocycles. The van der Waals surface area contributed by atoms with Crippen LogP contribution in [-0.4, -0.2) is 66.2 Å². The van der Waals surface area contributed by atoms with Crippen LogP contribution in [-0.2, 0) is 0 Å². The van der Waals surface area contributed by atoms with Crippen molar-refractivity contribution in [2.45, 2.75) is 56.4 Å². The van der Waals surface area contributed by atoms with Gasteiger partial charge in [-0.3, -0.25) is 14.6 Å². The van der Waals surface area contributed by atoms with Gasteiger partial charge in [0, 0.05) is 42.8 Å². The molecule has 2 atom stereocenters. The Bertz CT molecular complexity index is 864. The van der Waals surface area contributed by atoms with Crippen LogP contribution >= 0.6 is 0 Å². The summed E-state index contributed by atoms with van der Waals surface area (Å²) in [7, 11) is 0. The molecule has 0 spiro atoms. The third-order valence-electron chi connectivity index (χ3n) is 7.45. The maximum atomic E-state index is 15.6. The number of ketones is 1. The van der Waals surface area contributed by atoms with Crippen LogP contribution in [0.1, 0.15) is 48.9 Å². The predicted octanol–water partition coefficient (Wildman–Crippen LogP) is 4.31. The number of halogens is 1. The van der Waals surface area contributed by atoms with Gasteiger partial charge in [0.2, 0.25) is 0 Å². The van der Waals surface area contributed by atoms with Gasteiger partial charge < -0.3 is 11.1 Å². The molecule has 2 aliphatic heterocycles. The first-order chi connectivity index (χ1) is 16.1. The smallest absolute Gasteiger partial charge is 0.185 e. The number of carbonyl (C=O) groups excluding carboxylic acids is 1. The van der Waals surface area contributed by atoms with Crippen molar-refractivity contribution in [3.63, 3.8) is 0 Å². The molecule has 0 saturated carbocycles. The SMILES string of the molecule is NCC1(N2CCCCC2)CCN(C(F)CC(Nc2ccccc2)C(=O)c2ccccc2)CC1. The van der Waals surface area contributed by atoms with Crippen molar-refractivity contribution in [1.82, 2.24) is 9.80 Å². The fraction of sp³-hybridized carbons (Fsp3) is 0.519. The molecule has 0 bridgehead atoms. The zero-order chi connectivity index (χ0) is 23.1. The van der Waals surface area contributed by atoms with E-state index in [2.05, 4.69) is 10.2 Å². The van der Waals surface area contributed by atoms with Crippen molar-refractivity contribution in [2.24, 2.45) is 5.73 Å². The standard InChI is InChI=1S/C27H37FN4O/c28-25(31-18-14-27(21-29,15-19-31)32-16-8-3-9-17-32)20-24(30-23-12-6-2-7-13-23)26(33)22-10-4-1-5-11-22/h1-2,4-7,10-13,24-25,30H,3,8-9,14-21,29H2. The predicted molar refractivity (Wildman–Crippen MR) is 132 cm³/mol. The number of rotatable bonds is 9. The summed E-state index contributed by atoms with van der Waals surface area (Å²) in [6, 6.07) is 18.1. The number of nitrogens with two attached hydrogens (primary N) is 1. The number of nitrogens with one attached hydrogen (secondary N) is 1. The number of nitrogens with zero attached hydrogens (tertiary/aromatic N) is 2. The summed E-state index contributed by atoms with van der Waals surface area (Å²) >= 11 is 0. The fourth-order valence-corrected chi connectivity index (χ4v) is 5.35. The molecule has 0 aliphatic carbocycles. The van der Waals surface area contributed by atoms with Crippen LogP contribution in [0.2, 0.25) is 0 Å². The Labute approximate surface area is 197 Å². The van der Waals surface area contributed by atoms with Gasteiger partial charge >= 0.3 is 0 Å². The van der Waals surface area contributed by atoms with Gasteiger partial charge in [0.05, 0.1) is 6.04 Å². The zero-order valence-corrected chi connectivity index (χ0v) is 19.5. The van der Waals surface area contributed by atoms with E-state index in [0.29, 0.717) is 25.2 Å². The summed E-state index contributed by atoms with van der Waals surface area (Å²) in [6.07, 6.45) is 4.44. The number of anilines is 1. The lowest BCUT2D eigenvalue weighted by molar-refractivity contribution is -0.0245. The van der Waals surface area contributed by atoms with Gasteiger partial charge in [-0.05, 0) is 50.9 Å². The molecule has 2 aliphatic rings. The summed E-state index contributed by atoms with van der Waals surface area (Å²) in [5.41, 5.74) is 7.68. The summed E-state index contributed by atoms with van der Waals surface area (Å²) in [6.45, 7) is 4.18. The molecule has 2 aromatic carbocycles. The first kappa shape index (κ1) is 23.9. The molecule has 4 rings (SSSR count). The van der Waals surface area contributed by atoms with Crippen LogP contribution in [0.5, 0.6) is 0 Å². The molecule has 3 N–H and O–H groups in total. The van der Waals surface area contributed by atoms with E-state index in [0.717, 1.165) is 31.6 Å². The maximum Gasteiger partial charge on any atom is 0.185 e.